The first-order valence-electron chi connectivity index (χ1n) is 2.04. The second-order valence-electron chi connectivity index (χ2n) is 1.77. The van der Waals surface area contributed by atoms with Crippen LogP contribution in [-0.2, 0) is 0 Å². The van der Waals surface area contributed by atoms with Crippen molar-refractivity contribution in [2.24, 2.45) is 0 Å². The minimum absolute atomic E-state index is 1.08. The van der Waals surface area contributed by atoms with Crippen molar-refractivity contribution >= 4 is 6.34 Å². The monoisotopic (exact) mass is 85.1 g/mol. The lowest BCUT2D eigenvalue weighted by Crippen LogP contribution is -2.39. The van der Waals surface area contributed by atoms with Crippen LogP contribution in [0.1, 0.15) is 0 Å². The van der Waals surface area contributed by atoms with Gasteiger partial charge in [-0.05, 0) is 0 Å². The Morgan fingerprint density at radius 3 is 2.33 bits per heavy atom. The molecular formula is C4H9N2+. The largest absolute Gasteiger partial charge is 0.240 e. The normalized spacial score (nSPS) is 19.7. The smallest absolute Gasteiger partial charge is 0.233 e. The Balaban J connectivity index is 2.46. The SMILES string of the molecule is CN1C=[N+](C)C1. The Labute approximate surface area is 37.7 Å². The van der Waals surface area contributed by atoms with Crippen LogP contribution >= 0.6 is 0 Å². The van der Waals surface area contributed by atoms with Crippen LogP contribution in [-0.4, -0.2) is 36.6 Å². The fraction of sp³-hybridized carbons (Fsp3) is 0.750. The van der Waals surface area contributed by atoms with Crippen molar-refractivity contribution in [2.45, 2.75) is 0 Å². The van der Waals surface area contributed by atoms with Gasteiger partial charge in [0.05, 0.1) is 14.1 Å². The van der Waals surface area contributed by atoms with Gasteiger partial charge in [-0.15, -0.1) is 0 Å². The summed E-state index contributed by atoms with van der Waals surface area (Å²) in [7, 11) is 4.11. The Bertz CT molecular complexity index is 85.5. The first-order chi connectivity index (χ1) is 2.79. The van der Waals surface area contributed by atoms with Gasteiger partial charge in [0.1, 0.15) is 0 Å². The molecule has 2 heteroatoms. The topological polar surface area (TPSA) is 6.25 Å². The Kier molecular flexibility index (Phi) is 0.587. The van der Waals surface area contributed by atoms with Gasteiger partial charge in [0.2, 0.25) is 13.0 Å². The fourth-order valence-electron chi connectivity index (χ4n) is 0.665. The van der Waals surface area contributed by atoms with Gasteiger partial charge in [0.15, 0.2) is 0 Å². The van der Waals surface area contributed by atoms with E-state index in [4.69, 9.17) is 0 Å². The molecule has 0 N–H and O–H groups in total. The van der Waals surface area contributed by atoms with Gasteiger partial charge in [-0.2, -0.15) is 0 Å². The molecule has 2 nitrogen and oxygen atoms in total. The molecule has 0 amide bonds. The van der Waals surface area contributed by atoms with Crippen molar-refractivity contribution in [3.63, 3.8) is 0 Å². The van der Waals surface area contributed by atoms with Crippen LogP contribution in [0.3, 0.4) is 0 Å². The molecule has 0 aromatic heterocycles. The van der Waals surface area contributed by atoms with E-state index in [1.54, 1.807) is 0 Å². The Morgan fingerprint density at radius 2 is 2.33 bits per heavy atom. The third-order valence-electron chi connectivity index (χ3n) is 0.840. The summed E-state index contributed by atoms with van der Waals surface area (Å²) >= 11 is 0. The predicted molar refractivity (Wildman–Crippen MR) is 24.9 cm³/mol. The van der Waals surface area contributed by atoms with Gasteiger partial charge >= 0.3 is 0 Å². The van der Waals surface area contributed by atoms with Gasteiger partial charge in [0, 0.05) is 0 Å². The van der Waals surface area contributed by atoms with E-state index in [1.807, 2.05) is 0 Å². The van der Waals surface area contributed by atoms with Crippen LogP contribution < -0.4 is 0 Å². The zero-order valence-corrected chi connectivity index (χ0v) is 4.18. The van der Waals surface area contributed by atoms with Crippen LogP contribution in [0.2, 0.25) is 0 Å². The summed E-state index contributed by atoms with van der Waals surface area (Å²) in [5.41, 5.74) is 0. The second-order valence-corrected chi connectivity index (χ2v) is 1.77. The average Bonchev–Trinajstić information content (AvgIpc) is 1.33. The van der Waals surface area contributed by atoms with E-state index >= 15 is 0 Å². The van der Waals surface area contributed by atoms with Crippen LogP contribution in [0.15, 0.2) is 0 Å². The van der Waals surface area contributed by atoms with Crippen molar-refractivity contribution in [1.29, 1.82) is 0 Å². The Morgan fingerprint density at radius 1 is 1.83 bits per heavy atom. The summed E-state index contributed by atoms with van der Waals surface area (Å²) in [5.74, 6) is 0. The van der Waals surface area contributed by atoms with Gasteiger partial charge in [-0.1, -0.05) is 0 Å². The summed E-state index contributed by atoms with van der Waals surface area (Å²) in [6.45, 7) is 1.08. The van der Waals surface area contributed by atoms with Crippen LogP contribution in [0, 0.1) is 0 Å². The molecule has 0 spiro atoms. The highest BCUT2D eigenvalue weighted by Crippen LogP contribution is 1.84. The molecule has 0 saturated carbocycles. The molecule has 0 fully saturated rings. The van der Waals surface area contributed by atoms with E-state index in [1.165, 1.54) is 0 Å². The lowest BCUT2D eigenvalue weighted by Gasteiger charge is -2.14. The van der Waals surface area contributed by atoms with Crippen molar-refractivity contribution in [1.82, 2.24) is 4.90 Å². The molecule has 0 atom stereocenters. The number of hydrogen-bond acceptors (Lipinski definition) is 1. The molecule has 34 valence electrons. The Hall–Kier alpha value is -0.530. The predicted octanol–water partition coefficient (Wildman–Crippen LogP) is -0.440. The van der Waals surface area contributed by atoms with Gasteiger partial charge in [0.25, 0.3) is 0 Å². The summed E-state index contributed by atoms with van der Waals surface area (Å²) < 4.78 is 2.12. The standard InChI is InChI=1S/C4H9N2/c1-5-3-6(2)4-5/h3H,4H2,1-2H3/q+1. The van der Waals surface area contributed by atoms with E-state index in [0.717, 1.165) is 6.67 Å². The van der Waals surface area contributed by atoms with Crippen molar-refractivity contribution < 1.29 is 4.58 Å². The van der Waals surface area contributed by atoms with E-state index in [2.05, 4.69) is 29.9 Å². The van der Waals surface area contributed by atoms with Gasteiger partial charge < -0.3 is 0 Å². The van der Waals surface area contributed by atoms with E-state index in [9.17, 15) is 0 Å². The number of nitrogens with zero attached hydrogens (tertiary/aromatic N) is 2. The molecule has 0 radical (unpaired) electrons. The first-order valence-corrected chi connectivity index (χ1v) is 2.04. The average molecular weight is 85.1 g/mol. The minimum Gasteiger partial charge on any atom is -0.233 e. The van der Waals surface area contributed by atoms with Crippen LogP contribution in [0.25, 0.3) is 0 Å². The highest BCUT2D eigenvalue weighted by Gasteiger charge is 2.11. The molecule has 1 aliphatic heterocycles. The highest BCUT2D eigenvalue weighted by atomic mass is 15.3. The third-order valence-corrected chi connectivity index (χ3v) is 0.840. The van der Waals surface area contributed by atoms with Gasteiger partial charge in [-0.3, -0.25) is 0 Å². The number of rotatable bonds is 0. The number of hydrogen-bond donors (Lipinski definition) is 0. The highest BCUT2D eigenvalue weighted by molar-refractivity contribution is 5.50. The molecule has 1 rings (SSSR count). The minimum atomic E-state index is 1.08. The lowest BCUT2D eigenvalue weighted by molar-refractivity contribution is -0.550. The van der Waals surface area contributed by atoms with E-state index in [-0.39, 0.29) is 0 Å². The zero-order chi connectivity index (χ0) is 4.57. The molecule has 0 saturated heterocycles. The maximum atomic E-state index is 2.12. The van der Waals surface area contributed by atoms with Gasteiger partial charge in [-0.25, -0.2) is 9.48 Å². The van der Waals surface area contributed by atoms with Crippen LogP contribution in [0.5, 0.6) is 0 Å². The molecule has 6 heavy (non-hydrogen) atoms. The van der Waals surface area contributed by atoms with E-state index < -0.39 is 0 Å². The first kappa shape index (κ1) is 3.65. The zero-order valence-electron chi connectivity index (χ0n) is 4.18. The molecular weight excluding hydrogens is 76.1 g/mol. The fourth-order valence-corrected chi connectivity index (χ4v) is 0.665. The molecule has 1 aliphatic rings. The molecule has 1 heterocycles. The quantitative estimate of drug-likeness (QED) is 0.361. The maximum absolute atomic E-state index is 2.12. The van der Waals surface area contributed by atoms with Crippen molar-refractivity contribution in [3.8, 4) is 0 Å². The van der Waals surface area contributed by atoms with Crippen molar-refractivity contribution in [2.75, 3.05) is 20.8 Å². The molecule has 0 aromatic rings. The molecule has 0 bridgehead atoms. The summed E-state index contributed by atoms with van der Waals surface area (Å²) in [6, 6.07) is 0. The van der Waals surface area contributed by atoms with E-state index in [0.29, 0.717) is 0 Å². The summed E-state index contributed by atoms with van der Waals surface area (Å²) in [4.78, 5) is 2.12. The molecule has 0 unspecified atom stereocenters. The second kappa shape index (κ2) is 0.965. The van der Waals surface area contributed by atoms with Crippen LogP contribution in [0.4, 0.5) is 0 Å². The molecule has 0 aliphatic carbocycles. The summed E-state index contributed by atoms with van der Waals surface area (Å²) in [5, 5.41) is 0. The lowest BCUT2D eigenvalue weighted by atomic mass is 10.7. The molecule has 0 aromatic carbocycles. The third kappa shape index (κ3) is 0.379. The summed E-state index contributed by atoms with van der Waals surface area (Å²) in [6.07, 6.45) is 2.06. The maximum Gasteiger partial charge on any atom is 0.240 e. The van der Waals surface area contributed by atoms with Crippen molar-refractivity contribution in [3.05, 3.63) is 0 Å².